The summed E-state index contributed by atoms with van der Waals surface area (Å²) in [5, 5.41) is 8.46. The summed E-state index contributed by atoms with van der Waals surface area (Å²) >= 11 is 6.00. The number of ether oxygens (including phenoxy) is 1. The van der Waals surface area contributed by atoms with Gasteiger partial charge in [0.2, 0.25) is 0 Å². The zero-order valence-corrected chi connectivity index (χ0v) is 13.1. The van der Waals surface area contributed by atoms with E-state index in [1.165, 1.54) is 0 Å². The van der Waals surface area contributed by atoms with Gasteiger partial charge in [0.15, 0.2) is 0 Å². The summed E-state index contributed by atoms with van der Waals surface area (Å²) in [6, 6.07) is 8.84. The minimum atomic E-state index is -0.0661. The number of rotatable bonds is 3. The Morgan fingerprint density at radius 2 is 2.05 bits per heavy atom. The van der Waals surface area contributed by atoms with E-state index in [-0.39, 0.29) is 11.6 Å². The summed E-state index contributed by atoms with van der Waals surface area (Å²) < 4.78 is 6.98. The van der Waals surface area contributed by atoms with Gasteiger partial charge in [-0.2, -0.15) is 5.10 Å². The Hall–Kier alpha value is -1.85. The minimum absolute atomic E-state index is 0.0661. The second-order valence-corrected chi connectivity index (χ2v) is 5.76. The Labute approximate surface area is 133 Å². The molecule has 3 rings (SSSR count). The molecule has 1 saturated heterocycles. The topological polar surface area (TPSA) is 56.1 Å². The van der Waals surface area contributed by atoms with Crippen LogP contribution in [0.5, 0.6) is 5.75 Å². The van der Waals surface area contributed by atoms with Crippen LogP contribution in [0.2, 0.25) is 5.02 Å². The molecule has 1 fully saturated rings. The van der Waals surface area contributed by atoms with Crippen LogP contribution in [-0.4, -0.2) is 30.0 Å². The normalized spacial score (nSPS) is 15.7. The first-order chi connectivity index (χ1) is 10.7. The summed E-state index contributed by atoms with van der Waals surface area (Å²) in [5.74, 6) is 0.649. The molecular formula is C16H18ClN3O2. The van der Waals surface area contributed by atoms with Crippen molar-refractivity contribution < 1.29 is 4.74 Å². The minimum Gasteiger partial charge on any atom is -0.496 e. The van der Waals surface area contributed by atoms with Crippen LogP contribution in [0.3, 0.4) is 0 Å². The van der Waals surface area contributed by atoms with Crippen molar-refractivity contribution in [3.8, 4) is 17.0 Å². The highest BCUT2D eigenvalue weighted by atomic mass is 35.5. The number of nitrogens with zero attached hydrogens (tertiary/aromatic N) is 2. The molecule has 0 unspecified atom stereocenters. The van der Waals surface area contributed by atoms with Crippen molar-refractivity contribution in [2.75, 3.05) is 20.2 Å². The molecule has 0 spiro atoms. The van der Waals surface area contributed by atoms with Crippen molar-refractivity contribution in [2.24, 2.45) is 0 Å². The monoisotopic (exact) mass is 319 g/mol. The molecule has 2 aromatic rings. The second kappa shape index (κ2) is 6.50. The van der Waals surface area contributed by atoms with E-state index in [9.17, 15) is 4.79 Å². The van der Waals surface area contributed by atoms with Crippen molar-refractivity contribution in [2.45, 2.75) is 18.9 Å². The Morgan fingerprint density at radius 3 is 2.77 bits per heavy atom. The lowest BCUT2D eigenvalue weighted by atomic mass is 10.1. The number of nitrogens with one attached hydrogen (secondary N) is 1. The average Bonchev–Trinajstić information content (AvgIpc) is 2.56. The number of aromatic nitrogens is 2. The predicted octanol–water partition coefficient (Wildman–Crippen LogP) is 2.50. The maximum Gasteiger partial charge on any atom is 0.267 e. The van der Waals surface area contributed by atoms with Gasteiger partial charge < -0.3 is 10.1 Å². The highest BCUT2D eigenvalue weighted by molar-refractivity contribution is 6.30. The van der Waals surface area contributed by atoms with Crippen molar-refractivity contribution in [3.05, 3.63) is 45.7 Å². The Morgan fingerprint density at radius 1 is 1.27 bits per heavy atom. The van der Waals surface area contributed by atoms with Crippen LogP contribution < -0.4 is 15.6 Å². The summed E-state index contributed by atoms with van der Waals surface area (Å²) in [4.78, 5) is 12.1. The van der Waals surface area contributed by atoms with Gasteiger partial charge in [0.25, 0.3) is 5.56 Å². The van der Waals surface area contributed by atoms with Gasteiger partial charge in [0.05, 0.1) is 18.8 Å². The van der Waals surface area contributed by atoms with E-state index < -0.39 is 0 Å². The average molecular weight is 320 g/mol. The number of hydrogen-bond acceptors (Lipinski definition) is 4. The number of piperidine rings is 1. The van der Waals surface area contributed by atoms with E-state index >= 15 is 0 Å². The lowest BCUT2D eigenvalue weighted by Crippen LogP contribution is -2.35. The first-order valence-corrected chi connectivity index (χ1v) is 7.71. The predicted molar refractivity (Wildman–Crippen MR) is 86.6 cm³/mol. The molecule has 0 amide bonds. The standard InChI is InChI=1S/C16H18ClN3O2/c1-22-15-10-11(17)2-3-13(15)14-4-5-16(21)20(19-14)12-6-8-18-9-7-12/h2-5,10,12,18H,6-9H2,1H3. The highest BCUT2D eigenvalue weighted by Gasteiger charge is 2.18. The van der Waals surface area contributed by atoms with Crippen LogP contribution in [0, 0.1) is 0 Å². The molecule has 1 aliphatic heterocycles. The van der Waals surface area contributed by atoms with Crippen LogP contribution in [0.25, 0.3) is 11.3 Å². The van der Waals surface area contributed by atoms with Gasteiger partial charge in [0, 0.05) is 16.7 Å². The van der Waals surface area contributed by atoms with Crippen LogP contribution in [0.4, 0.5) is 0 Å². The van der Waals surface area contributed by atoms with Crippen LogP contribution in [0.15, 0.2) is 35.1 Å². The summed E-state index contributed by atoms with van der Waals surface area (Å²) in [6.45, 7) is 1.82. The SMILES string of the molecule is COc1cc(Cl)ccc1-c1ccc(=O)n(C2CCNCC2)n1. The molecule has 1 aromatic heterocycles. The van der Waals surface area contributed by atoms with E-state index in [4.69, 9.17) is 16.3 Å². The van der Waals surface area contributed by atoms with Crippen LogP contribution >= 0.6 is 11.6 Å². The first-order valence-electron chi connectivity index (χ1n) is 7.33. The van der Waals surface area contributed by atoms with E-state index in [2.05, 4.69) is 10.4 Å². The van der Waals surface area contributed by atoms with Gasteiger partial charge in [-0.3, -0.25) is 4.79 Å². The molecule has 2 heterocycles. The smallest absolute Gasteiger partial charge is 0.267 e. The number of methoxy groups -OCH3 is 1. The van der Waals surface area contributed by atoms with Gasteiger partial charge in [0.1, 0.15) is 5.75 Å². The highest BCUT2D eigenvalue weighted by Crippen LogP contribution is 2.31. The van der Waals surface area contributed by atoms with Gasteiger partial charge in [-0.05, 0) is 50.2 Å². The largest absolute Gasteiger partial charge is 0.496 e. The molecule has 0 bridgehead atoms. The zero-order chi connectivity index (χ0) is 15.5. The Balaban J connectivity index is 2.03. The lowest BCUT2D eigenvalue weighted by Gasteiger charge is -2.24. The van der Waals surface area contributed by atoms with E-state index in [0.29, 0.717) is 16.5 Å². The molecule has 0 atom stereocenters. The summed E-state index contributed by atoms with van der Waals surface area (Å²) in [6.07, 6.45) is 1.82. The fourth-order valence-corrected chi connectivity index (χ4v) is 2.92. The number of halogens is 1. The summed E-state index contributed by atoms with van der Waals surface area (Å²) in [5.41, 5.74) is 1.48. The molecule has 6 heteroatoms. The van der Waals surface area contributed by atoms with Gasteiger partial charge in [-0.1, -0.05) is 11.6 Å². The second-order valence-electron chi connectivity index (χ2n) is 5.33. The molecule has 1 aliphatic rings. The molecule has 1 N–H and O–H groups in total. The summed E-state index contributed by atoms with van der Waals surface area (Å²) in [7, 11) is 1.60. The lowest BCUT2D eigenvalue weighted by molar-refractivity contribution is 0.332. The maximum absolute atomic E-state index is 12.1. The Bertz CT molecular complexity index is 724. The third-order valence-electron chi connectivity index (χ3n) is 3.92. The molecule has 116 valence electrons. The molecule has 0 aliphatic carbocycles. The Kier molecular flexibility index (Phi) is 4.45. The van der Waals surface area contributed by atoms with E-state index in [1.54, 1.807) is 36.1 Å². The molecular weight excluding hydrogens is 302 g/mol. The van der Waals surface area contributed by atoms with E-state index in [0.717, 1.165) is 31.5 Å². The third-order valence-corrected chi connectivity index (χ3v) is 4.15. The first kappa shape index (κ1) is 15.1. The van der Waals surface area contributed by atoms with Crippen molar-refractivity contribution in [1.29, 1.82) is 0 Å². The number of benzene rings is 1. The van der Waals surface area contributed by atoms with E-state index in [1.807, 2.05) is 6.07 Å². The fraction of sp³-hybridized carbons (Fsp3) is 0.375. The maximum atomic E-state index is 12.1. The molecule has 1 aromatic carbocycles. The van der Waals surface area contributed by atoms with Crippen LogP contribution in [0.1, 0.15) is 18.9 Å². The van der Waals surface area contributed by atoms with Gasteiger partial charge in [-0.25, -0.2) is 4.68 Å². The molecule has 5 nitrogen and oxygen atoms in total. The third kappa shape index (κ3) is 3.00. The van der Waals surface area contributed by atoms with Crippen molar-refractivity contribution in [3.63, 3.8) is 0 Å². The van der Waals surface area contributed by atoms with Crippen molar-refractivity contribution in [1.82, 2.24) is 15.1 Å². The van der Waals surface area contributed by atoms with Crippen molar-refractivity contribution >= 4 is 11.6 Å². The van der Waals surface area contributed by atoms with Crippen LogP contribution in [-0.2, 0) is 0 Å². The van der Waals surface area contributed by atoms with Gasteiger partial charge >= 0.3 is 0 Å². The fourth-order valence-electron chi connectivity index (χ4n) is 2.76. The molecule has 0 radical (unpaired) electrons. The zero-order valence-electron chi connectivity index (χ0n) is 12.4. The molecule has 22 heavy (non-hydrogen) atoms. The number of hydrogen-bond donors (Lipinski definition) is 1. The quantitative estimate of drug-likeness (QED) is 0.944. The molecule has 0 saturated carbocycles. The van der Waals surface area contributed by atoms with Gasteiger partial charge in [-0.15, -0.1) is 0 Å².